The Hall–Kier alpha value is -5.72. The van der Waals surface area contributed by atoms with Crippen molar-refractivity contribution in [2.75, 3.05) is 0 Å². The van der Waals surface area contributed by atoms with Crippen LogP contribution in [0, 0.1) is 25.7 Å². The number of hydrogen-bond donors (Lipinski definition) is 0. The van der Waals surface area contributed by atoms with E-state index in [4.69, 9.17) is 0 Å². The summed E-state index contributed by atoms with van der Waals surface area (Å²) < 4.78 is 0. The maximum Gasteiger partial charge on any atom is -0.00237 e. The SMILES string of the molecule is C=CC(C)C(c1cc(-c2ccccc2)ccc1C)[C@@H](C)Cc1ccc(-c2c3ccccc3c(-c3ccc4ccccc4c3)c3ccccc23)c(C)c1. The number of allylic oxidation sites excluding steroid dienone is 1. The monoisotopic (exact) mass is 670 g/mol. The molecule has 3 atom stereocenters. The first-order valence-corrected chi connectivity index (χ1v) is 18.7. The highest BCUT2D eigenvalue weighted by Gasteiger charge is 2.26. The molecule has 0 aliphatic carbocycles. The summed E-state index contributed by atoms with van der Waals surface area (Å²) >= 11 is 0. The molecular weight excluding hydrogens is 625 g/mol. The summed E-state index contributed by atoms with van der Waals surface area (Å²) in [4.78, 5) is 0. The van der Waals surface area contributed by atoms with Crippen LogP contribution in [0.3, 0.4) is 0 Å². The van der Waals surface area contributed by atoms with E-state index in [2.05, 4.69) is 198 Å². The molecular formula is C52H46. The summed E-state index contributed by atoms with van der Waals surface area (Å²) in [6, 6.07) is 58.4. The summed E-state index contributed by atoms with van der Waals surface area (Å²) in [5, 5.41) is 7.70. The van der Waals surface area contributed by atoms with E-state index in [1.807, 2.05) is 0 Å². The molecule has 0 heterocycles. The highest BCUT2D eigenvalue weighted by atomic mass is 14.3. The lowest BCUT2D eigenvalue weighted by atomic mass is 9.74. The van der Waals surface area contributed by atoms with Crippen LogP contribution in [0.25, 0.3) is 65.7 Å². The minimum atomic E-state index is 0.346. The Morgan fingerprint density at radius 1 is 0.500 bits per heavy atom. The van der Waals surface area contributed by atoms with Crippen LogP contribution in [0.2, 0.25) is 0 Å². The van der Waals surface area contributed by atoms with Crippen LogP contribution in [0.1, 0.15) is 42.0 Å². The molecule has 52 heavy (non-hydrogen) atoms. The fourth-order valence-electron chi connectivity index (χ4n) is 8.77. The fourth-order valence-corrected chi connectivity index (χ4v) is 8.77. The van der Waals surface area contributed by atoms with Crippen molar-refractivity contribution >= 4 is 32.3 Å². The Labute approximate surface area is 309 Å². The lowest BCUT2D eigenvalue weighted by Gasteiger charge is -2.31. The van der Waals surface area contributed by atoms with Crippen LogP contribution in [0.5, 0.6) is 0 Å². The van der Waals surface area contributed by atoms with Crippen molar-refractivity contribution in [2.24, 2.45) is 11.8 Å². The molecule has 0 nitrogen and oxygen atoms in total. The van der Waals surface area contributed by atoms with Crippen LogP contribution >= 0.6 is 0 Å². The Bertz CT molecular complexity index is 2510. The number of benzene rings is 8. The van der Waals surface area contributed by atoms with Gasteiger partial charge in [-0.2, -0.15) is 0 Å². The topological polar surface area (TPSA) is 0 Å². The van der Waals surface area contributed by atoms with Gasteiger partial charge in [-0.05, 0) is 132 Å². The molecule has 0 fully saturated rings. The molecule has 0 radical (unpaired) electrons. The quantitative estimate of drug-likeness (QED) is 0.106. The Morgan fingerprint density at radius 3 is 1.75 bits per heavy atom. The molecule has 8 aromatic rings. The van der Waals surface area contributed by atoms with E-state index in [0.717, 1.165) is 6.42 Å². The molecule has 0 bridgehead atoms. The van der Waals surface area contributed by atoms with Crippen molar-refractivity contribution in [3.63, 3.8) is 0 Å². The number of aryl methyl sites for hydroxylation is 2. The summed E-state index contributed by atoms with van der Waals surface area (Å²) in [5.74, 6) is 1.13. The molecule has 0 spiro atoms. The maximum absolute atomic E-state index is 4.25. The highest BCUT2D eigenvalue weighted by molar-refractivity contribution is 6.22. The number of fused-ring (bicyclic) bond motifs is 3. The van der Waals surface area contributed by atoms with Gasteiger partial charge in [0.15, 0.2) is 0 Å². The standard InChI is InChI=1S/C52H46/c1-6-34(2)50(49-33-42(26-24-35(49)3)39-16-8-7-9-17-39)37(5)31-38-25-29-44(36(4)30-38)52-47-22-14-12-20-45(47)51(46-21-13-15-23-48(46)52)43-28-27-40-18-10-11-19-41(40)32-43/h6-30,32-34,37,50H,1,31H2,2-5H3/t34?,37-,50?/m0/s1. The third-order valence-corrected chi connectivity index (χ3v) is 11.4. The van der Waals surface area contributed by atoms with Gasteiger partial charge >= 0.3 is 0 Å². The zero-order valence-corrected chi connectivity index (χ0v) is 30.7. The van der Waals surface area contributed by atoms with Crippen molar-refractivity contribution in [3.05, 3.63) is 193 Å². The molecule has 0 saturated heterocycles. The first kappa shape index (κ1) is 33.4. The van der Waals surface area contributed by atoms with Gasteiger partial charge < -0.3 is 0 Å². The molecule has 0 aliphatic rings. The molecule has 254 valence electrons. The molecule has 0 heteroatoms. The number of hydrogen-bond acceptors (Lipinski definition) is 0. The molecule has 0 aliphatic heterocycles. The first-order valence-electron chi connectivity index (χ1n) is 18.7. The third-order valence-electron chi connectivity index (χ3n) is 11.4. The van der Waals surface area contributed by atoms with E-state index >= 15 is 0 Å². The Kier molecular flexibility index (Phi) is 9.08. The van der Waals surface area contributed by atoms with Gasteiger partial charge in [0.2, 0.25) is 0 Å². The summed E-state index contributed by atoms with van der Waals surface area (Å²) in [6.07, 6.45) is 3.14. The minimum Gasteiger partial charge on any atom is -0.103 e. The molecule has 0 N–H and O–H groups in total. The van der Waals surface area contributed by atoms with Crippen LogP contribution in [-0.4, -0.2) is 0 Å². The predicted octanol–water partition coefficient (Wildman–Crippen LogP) is 14.5. The van der Waals surface area contributed by atoms with E-state index in [1.165, 1.54) is 88.0 Å². The summed E-state index contributed by atoms with van der Waals surface area (Å²) in [7, 11) is 0. The molecule has 8 aromatic carbocycles. The van der Waals surface area contributed by atoms with Gasteiger partial charge in [-0.3, -0.25) is 0 Å². The van der Waals surface area contributed by atoms with Crippen molar-refractivity contribution in [1.29, 1.82) is 0 Å². The van der Waals surface area contributed by atoms with Crippen LogP contribution in [-0.2, 0) is 6.42 Å². The second kappa shape index (κ2) is 14.1. The van der Waals surface area contributed by atoms with Gasteiger partial charge in [-0.15, -0.1) is 6.58 Å². The van der Waals surface area contributed by atoms with Gasteiger partial charge in [0, 0.05) is 0 Å². The zero-order valence-electron chi connectivity index (χ0n) is 30.7. The lowest BCUT2D eigenvalue weighted by Crippen LogP contribution is -2.20. The van der Waals surface area contributed by atoms with E-state index in [1.54, 1.807) is 0 Å². The second-order valence-corrected chi connectivity index (χ2v) is 14.8. The average Bonchev–Trinajstić information content (AvgIpc) is 3.18. The molecule has 0 aromatic heterocycles. The van der Waals surface area contributed by atoms with Crippen LogP contribution in [0.4, 0.5) is 0 Å². The molecule has 8 rings (SSSR count). The zero-order chi connectivity index (χ0) is 35.8. The Balaban J connectivity index is 1.19. The fraction of sp³-hybridized carbons (Fsp3) is 0.154. The molecule has 2 unspecified atom stereocenters. The normalized spacial score (nSPS) is 13.3. The smallest absolute Gasteiger partial charge is 0.00237 e. The first-order chi connectivity index (χ1) is 25.4. The van der Waals surface area contributed by atoms with Crippen molar-refractivity contribution in [1.82, 2.24) is 0 Å². The highest BCUT2D eigenvalue weighted by Crippen LogP contribution is 2.45. The van der Waals surface area contributed by atoms with Gasteiger partial charge in [-0.25, -0.2) is 0 Å². The number of rotatable bonds is 9. The average molecular weight is 671 g/mol. The van der Waals surface area contributed by atoms with Crippen LogP contribution < -0.4 is 0 Å². The minimum absolute atomic E-state index is 0.346. The molecule has 0 amide bonds. The predicted molar refractivity (Wildman–Crippen MR) is 226 cm³/mol. The van der Waals surface area contributed by atoms with Gasteiger partial charge in [0.05, 0.1) is 0 Å². The third kappa shape index (κ3) is 6.13. The largest absolute Gasteiger partial charge is 0.103 e. The maximum atomic E-state index is 4.25. The Morgan fingerprint density at radius 2 is 1.10 bits per heavy atom. The summed E-state index contributed by atoms with van der Waals surface area (Å²) in [6.45, 7) is 13.6. The second-order valence-electron chi connectivity index (χ2n) is 14.8. The van der Waals surface area contributed by atoms with Crippen molar-refractivity contribution in [2.45, 2.75) is 40.0 Å². The van der Waals surface area contributed by atoms with Crippen molar-refractivity contribution in [3.8, 4) is 33.4 Å². The summed E-state index contributed by atoms with van der Waals surface area (Å²) in [5.41, 5.74) is 13.2. The van der Waals surface area contributed by atoms with E-state index in [-0.39, 0.29) is 0 Å². The van der Waals surface area contributed by atoms with E-state index < -0.39 is 0 Å². The lowest BCUT2D eigenvalue weighted by molar-refractivity contribution is 0.386. The van der Waals surface area contributed by atoms with Gasteiger partial charge in [0.1, 0.15) is 0 Å². The van der Waals surface area contributed by atoms with Gasteiger partial charge in [-0.1, -0.05) is 172 Å². The van der Waals surface area contributed by atoms with E-state index in [9.17, 15) is 0 Å². The van der Waals surface area contributed by atoms with Crippen LogP contribution in [0.15, 0.2) is 170 Å². The van der Waals surface area contributed by atoms with E-state index in [0.29, 0.717) is 17.8 Å². The van der Waals surface area contributed by atoms with Crippen molar-refractivity contribution < 1.29 is 0 Å². The molecule has 0 saturated carbocycles. The van der Waals surface area contributed by atoms with Gasteiger partial charge in [0.25, 0.3) is 0 Å².